The van der Waals surface area contributed by atoms with Gasteiger partial charge in [0.2, 0.25) is 0 Å². The summed E-state index contributed by atoms with van der Waals surface area (Å²) in [5.74, 6) is 0. The second-order valence-corrected chi connectivity index (χ2v) is 4.67. The highest BCUT2D eigenvalue weighted by Gasteiger charge is 2.27. The first-order valence-electron chi connectivity index (χ1n) is 6.42. The summed E-state index contributed by atoms with van der Waals surface area (Å²) in [5.41, 5.74) is 0. The summed E-state index contributed by atoms with van der Waals surface area (Å²) in [7, 11) is 1.77. The van der Waals surface area contributed by atoms with E-state index in [1.165, 1.54) is 6.42 Å². The van der Waals surface area contributed by atoms with Crippen LogP contribution in [-0.2, 0) is 9.47 Å². The molecule has 1 rings (SSSR count). The standard InChI is InChI=1S/C12H24N2O2S/c1-3-16-9-5-8-13-12(17)14-10-6-4-7-11(10)15-2/h10-11H,3-9H2,1-2H3,(H2,13,14,17). The van der Waals surface area contributed by atoms with Gasteiger partial charge in [0.25, 0.3) is 0 Å². The summed E-state index contributed by atoms with van der Waals surface area (Å²) < 4.78 is 10.7. The molecule has 17 heavy (non-hydrogen) atoms. The van der Waals surface area contributed by atoms with Gasteiger partial charge in [0.05, 0.1) is 12.1 Å². The Balaban J connectivity index is 2.08. The molecule has 2 atom stereocenters. The maximum atomic E-state index is 5.41. The van der Waals surface area contributed by atoms with Crippen molar-refractivity contribution in [2.45, 2.75) is 44.8 Å². The molecule has 5 heteroatoms. The number of methoxy groups -OCH3 is 1. The number of hydrogen-bond acceptors (Lipinski definition) is 3. The van der Waals surface area contributed by atoms with Crippen molar-refractivity contribution in [2.75, 3.05) is 26.9 Å². The lowest BCUT2D eigenvalue weighted by Crippen LogP contribution is -2.46. The van der Waals surface area contributed by atoms with E-state index in [9.17, 15) is 0 Å². The third-order valence-corrected chi connectivity index (χ3v) is 3.29. The van der Waals surface area contributed by atoms with E-state index < -0.39 is 0 Å². The lowest BCUT2D eigenvalue weighted by Gasteiger charge is -2.21. The Kier molecular flexibility index (Phi) is 7.48. The molecule has 0 aromatic rings. The van der Waals surface area contributed by atoms with Crippen LogP contribution in [0.2, 0.25) is 0 Å². The van der Waals surface area contributed by atoms with E-state index in [1.807, 2.05) is 6.92 Å². The zero-order chi connectivity index (χ0) is 12.5. The van der Waals surface area contributed by atoms with Crippen LogP contribution >= 0.6 is 12.2 Å². The number of ether oxygens (including phenoxy) is 2. The van der Waals surface area contributed by atoms with Gasteiger partial charge in [0.15, 0.2) is 5.11 Å². The van der Waals surface area contributed by atoms with Crippen molar-refractivity contribution in [1.29, 1.82) is 0 Å². The van der Waals surface area contributed by atoms with Gasteiger partial charge in [-0.05, 0) is 44.8 Å². The summed E-state index contributed by atoms with van der Waals surface area (Å²) in [6.07, 6.45) is 4.76. The van der Waals surface area contributed by atoms with Crippen LogP contribution in [0.25, 0.3) is 0 Å². The highest BCUT2D eigenvalue weighted by molar-refractivity contribution is 7.80. The topological polar surface area (TPSA) is 42.5 Å². The fourth-order valence-electron chi connectivity index (χ4n) is 2.11. The largest absolute Gasteiger partial charge is 0.382 e. The van der Waals surface area contributed by atoms with Crippen LogP contribution in [-0.4, -0.2) is 44.1 Å². The summed E-state index contributed by atoms with van der Waals surface area (Å²) in [4.78, 5) is 0. The van der Waals surface area contributed by atoms with Crippen molar-refractivity contribution in [3.8, 4) is 0 Å². The van der Waals surface area contributed by atoms with Crippen molar-refractivity contribution in [3.05, 3.63) is 0 Å². The van der Waals surface area contributed by atoms with E-state index in [1.54, 1.807) is 7.11 Å². The molecule has 2 N–H and O–H groups in total. The number of rotatable bonds is 7. The average molecular weight is 260 g/mol. The monoisotopic (exact) mass is 260 g/mol. The first-order valence-corrected chi connectivity index (χ1v) is 6.83. The first kappa shape index (κ1) is 14.7. The Labute approximate surface area is 109 Å². The lowest BCUT2D eigenvalue weighted by atomic mass is 10.2. The van der Waals surface area contributed by atoms with Crippen molar-refractivity contribution >= 4 is 17.3 Å². The van der Waals surface area contributed by atoms with Gasteiger partial charge in [0.1, 0.15) is 0 Å². The van der Waals surface area contributed by atoms with Crippen molar-refractivity contribution in [1.82, 2.24) is 10.6 Å². The molecule has 0 bridgehead atoms. The van der Waals surface area contributed by atoms with E-state index >= 15 is 0 Å². The Morgan fingerprint density at radius 3 is 2.94 bits per heavy atom. The molecule has 1 fully saturated rings. The van der Waals surface area contributed by atoms with Crippen molar-refractivity contribution in [2.24, 2.45) is 0 Å². The molecule has 1 saturated carbocycles. The predicted octanol–water partition coefficient (Wildman–Crippen LogP) is 1.44. The van der Waals surface area contributed by atoms with Gasteiger partial charge in [-0.15, -0.1) is 0 Å². The molecule has 0 amide bonds. The first-order chi connectivity index (χ1) is 8.27. The molecule has 0 aliphatic heterocycles. The number of hydrogen-bond donors (Lipinski definition) is 2. The van der Waals surface area contributed by atoms with Gasteiger partial charge >= 0.3 is 0 Å². The molecule has 1 aliphatic rings. The number of thiocarbonyl (C=S) groups is 1. The van der Waals surface area contributed by atoms with E-state index in [-0.39, 0.29) is 0 Å². The molecule has 4 nitrogen and oxygen atoms in total. The molecule has 0 aromatic heterocycles. The van der Waals surface area contributed by atoms with Gasteiger partial charge in [-0.25, -0.2) is 0 Å². The fourth-order valence-corrected chi connectivity index (χ4v) is 2.37. The molecule has 1 aliphatic carbocycles. The Morgan fingerprint density at radius 2 is 2.24 bits per heavy atom. The van der Waals surface area contributed by atoms with Crippen LogP contribution < -0.4 is 10.6 Å². The quantitative estimate of drug-likeness (QED) is 0.536. The highest BCUT2D eigenvalue weighted by Crippen LogP contribution is 2.21. The second kappa shape index (κ2) is 8.66. The maximum absolute atomic E-state index is 5.41. The van der Waals surface area contributed by atoms with Crippen LogP contribution in [0.1, 0.15) is 32.6 Å². The van der Waals surface area contributed by atoms with Gasteiger partial charge in [0, 0.05) is 26.9 Å². The molecular formula is C12H24N2O2S. The molecule has 0 radical (unpaired) electrons. The van der Waals surface area contributed by atoms with Gasteiger partial charge in [-0.1, -0.05) is 0 Å². The minimum absolute atomic E-state index is 0.304. The van der Waals surface area contributed by atoms with E-state index in [4.69, 9.17) is 21.7 Å². The highest BCUT2D eigenvalue weighted by atomic mass is 32.1. The second-order valence-electron chi connectivity index (χ2n) is 4.26. The van der Waals surface area contributed by atoms with E-state index in [0.717, 1.165) is 44.1 Å². The number of nitrogens with one attached hydrogen (secondary N) is 2. The minimum Gasteiger partial charge on any atom is -0.382 e. The minimum atomic E-state index is 0.304. The van der Waals surface area contributed by atoms with Crippen molar-refractivity contribution < 1.29 is 9.47 Å². The average Bonchev–Trinajstić information content (AvgIpc) is 2.76. The third-order valence-electron chi connectivity index (χ3n) is 3.03. The third kappa shape index (κ3) is 5.66. The van der Waals surface area contributed by atoms with Crippen LogP contribution in [0.15, 0.2) is 0 Å². The Morgan fingerprint density at radius 1 is 1.41 bits per heavy atom. The van der Waals surface area contributed by atoms with Crippen LogP contribution in [0.3, 0.4) is 0 Å². The SMILES string of the molecule is CCOCCCNC(=S)NC1CCCC1OC. The smallest absolute Gasteiger partial charge is 0.166 e. The Hall–Kier alpha value is -0.390. The summed E-state index contributed by atoms with van der Waals surface area (Å²) in [6, 6.07) is 0.367. The maximum Gasteiger partial charge on any atom is 0.166 e. The lowest BCUT2D eigenvalue weighted by molar-refractivity contribution is 0.0907. The van der Waals surface area contributed by atoms with Crippen molar-refractivity contribution in [3.63, 3.8) is 0 Å². The van der Waals surface area contributed by atoms with Crippen LogP contribution in [0.5, 0.6) is 0 Å². The molecular weight excluding hydrogens is 236 g/mol. The summed E-state index contributed by atoms with van der Waals surface area (Å²) >= 11 is 5.25. The Bertz CT molecular complexity index is 227. The molecule has 0 heterocycles. The fraction of sp³-hybridized carbons (Fsp3) is 0.917. The zero-order valence-electron chi connectivity index (χ0n) is 10.8. The molecule has 0 saturated heterocycles. The van der Waals surface area contributed by atoms with Crippen LogP contribution in [0.4, 0.5) is 0 Å². The molecule has 2 unspecified atom stereocenters. The summed E-state index contributed by atoms with van der Waals surface area (Å²) in [6.45, 7) is 4.43. The molecule has 100 valence electrons. The van der Waals surface area contributed by atoms with Gasteiger partial charge < -0.3 is 20.1 Å². The molecule has 0 aromatic carbocycles. The summed E-state index contributed by atoms with van der Waals surface area (Å²) in [5, 5.41) is 7.26. The zero-order valence-corrected chi connectivity index (χ0v) is 11.6. The molecule has 0 spiro atoms. The van der Waals surface area contributed by atoms with Gasteiger partial charge in [-0.2, -0.15) is 0 Å². The predicted molar refractivity (Wildman–Crippen MR) is 73.3 cm³/mol. The van der Waals surface area contributed by atoms with Crippen LogP contribution in [0, 0.1) is 0 Å². The van der Waals surface area contributed by atoms with Gasteiger partial charge in [-0.3, -0.25) is 0 Å². The normalized spacial score (nSPS) is 23.6. The van der Waals surface area contributed by atoms with E-state index in [0.29, 0.717) is 12.1 Å². The van der Waals surface area contributed by atoms with E-state index in [2.05, 4.69) is 10.6 Å².